The number of hydrogen-bond donors (Lipinski definition) is 1. The minimum Gasteiger partial charge on any atom is -0.487 e. The zero-order valence-corrected chi connectivity index (χ0v) is 13.4. The third-order valence-electron chi connectivity index (χ3n) is 4.75. The van der Waals surface area contributed by atoms with Crippen LogP contribution in [0.2, 0.25) is 0 Å². The van der Waals surface area contributed by atoms with Crippen molar-refractivity contribution >= 4 is 16.6 Å². The predicted octanol–water partition coefficient (Wildman–Crippen LogP) is 1.81. The van der Waals surface area contributed by atoms with E-state index < -0.39 is 0 Å². The van der Waals surface area contributed by atoms with E-state index in [0.717, 1.165) is 26.2 Å². The Morgan fingerprint density at radius 1 is 1.35 bits per heavy atom. The number of ether oxygens (including phenoxy) is 1. The highest BCUT2D eigenvalue weighted by Gasteiger charge is 2.29. The molecule has 1 saturated heterocycles. The van der Waals surface area contributed by atoms with E-state index in [4.69, 9.17) is 4.74 Å². The largest absolute Gasteiger partial charge is 0.487 e. The molecule has 1 aromatic heterocycles. The molecule has 0 amide bonds. The molecule has 3 heterocycles. The molecule has 2 aliphatic heterocycles. The van der Waals surface area contributed by atoms with Crippen LogP contribution in [0, 0.1) is 12.7 Å². The van der Waals surface area contributed by atoms with Crippen molar-refractivity contribution in [3.8, 4) is 5.75 Å². The van der Waals surface area contributed by atoms with E-state index in [-0.39, 0.29) is 17.3 Å². The lowest BCUT2D eigenvalue weighted by Crippen LogP contribution is -2.44. The summed E-state index contributed by atoms with van der Waals surface area (Å²) >= 11 is 0. The molecule has 1 N–H and O–H groups in total. The first-order valence-corrected chi connectivity index (χ1v) is 8.04. The number of pyridine rings is 1. The summed E-state index contributed by atoms with van der Waals surface area (Å²) in [7, 11) is 0. The van der Waals surface area contributed by atoms with E-state index >= 15 is 0 Å². The van der Waals surface area contributed by atoms with Crippen LogP contribution in [0.5, 0.6) is 5.75 Å². The zero-order valence-electron chi connectivity index (χ0n) is 13.4. The van der Waals surface area contributed by atoms with E-state index in [1.54, 1.807) is 6.92 Å². The van der Waals surface area contributed by atoms with Crippen LogP contribution in [0.1, 0.15) is 18.5 Å². The molecule has 122 valence electrons. The first kappa shape index (κ1) is 14.5. The van der Waals surface area contributed by atoms with Crippen molar-refractivity contribution in [2.24, 2.45) is 0 Å². The average Bonchev–Trinajstić information content (AvgIpc) is 2.55. The first-order valence-electron chi connectivity index (χ1n) is 8.04. The van der Waals surface area contributed by atoms with Crippen molar-refractivity contribution in [3.05, 3.63) is 33.9 Å². The van der Waals surface area contributed by atoms with Gasteiger partial charge in [-0.3, -0.25) is 4.79 Å². The Labute approximate surface area is 133 Å². The van der Waals surface area contributed by atoms with Gasteiger partial charge in [0.2, 0.25) is 0 Å². The molecule has 6 heteroatoms. The van der Waals surface area contributed by atoms with E-state index in [1.165, 1.54) is 6.07 Å². The van der Waals surface area contributed by atoms with Crippen molar-refractivity contribution < 1.29 is 9.13 Å². The number of benzene rings is 1. The van der Waals surface area contributed by atoms with Crippen LogP contribution in [-0.2, 0) is 0 Å². The Morgan fingerprint density at radius 3 is 2.83 bits per heavy atom. The summed E-state index contributed by atoms with van der Waals surface area (Å²) in [5.74, 6) is 0.135. The van der Waals surface area contributed by atoms with Crippen molar-refractivity contribution in [2.75, 3.05) is 37.7 Å². The minimum absolute atomic E-state index is 0.116. The van der Waals surface area contributed by atoms with Crippen LogP contribution in [0.15, 0.2) is 17.1 Å². The summed E-state index contributed by atoms with van der Waals surface area (Å²) in [4.78, 5) is 14.5. The Morgan fingerprint density at radius 2 is 2.09 bits per heavy atom. The fraction of sp³-hybridized carbons (Fsp3) is 0.471. The van der Waals surface area contributed by atoms with Gasteiger partial charge in [0.1, 0.15) is 12.3 Å². The van der Waals surface area contributed by atoms with Crippen LogP contribution in [0.25, 0.3) is 10.9 Å². The molecule has 2 aromatic rings. The molecule has 1 unspecified atom stereocenters. The van der Waals surface area contributed by atoms with Crippen molar-refractivity contribution in [2.45, 2.75) is 19.9 Å². The van der Waals surface area contributed by atoms with Gasteiger partial charge in [-0.25, -0.2) is 4.39 Å². The Hall–Kier alpha value is -2.08. The highest BCUT2D eigenvalue weighted by molar-refractivity contribution is 5.92. The molecule has 5 nitrogen and oxygen atoms in total. The summed E-state index contributed by atoms with van der Waals surface area (Å²) in [6, 6.07) is 1.49. The lowest BCUT2D eigenvalue weighted by atomic mass is 10.1. The molecule has 0 bridgehead atoms. The fourth-order valence-corrected chi connectivity index (χ4v) is 3.53. The molecule has 23 heavy (non-hydrogen) atoms. The fourth-order valence-electron chi connectivity index (χ4n) is 3.53. The quantitative estimate of drug-likeness (QED) is 0.871. The van der Waals surface area contributed by atoms with Crippen LogP contribution in [0.4, 0.5) is 10.1 Å². The van der Waals surface area contributed by atoms with E-state index in [1.807, 2.05) is 18.0 Å². The van der Waals surface area contributed by atoms with Gasteiger partial charge in [0, 0.05) is 37.9 Å². The summed E-state index contributed by atoms with van der Waals surface area (Å²) in [6.45, 7) is 7.37. The lowest BCUT2D eigenvalue weighted by Gasteiger charge is -2.34. The van der Waals surface area contributed by atoms with Crippen LogP contribution < -0.4 is 20.4 Å². The predicted molar refractivity (Wildman–Crippen MR) is 88.2 cm³/mol. The zero-order chi connectivity index (χ0) is 16.1. The van der Waals surface area contributed by atoms with Gasteiger partial charge in [-0.2, -0.15) is 0 Å². The Bertz CT molecular complexity index is 840. The number of nitrogens with zero attached hydrogens (tertiary/aromatic N) is 2. The Balaban J connectivity index is 2.05. The molecule has 0 aliphatic carbocycles. The van der Waals surface area contributed by atoms with Gasteiger partial charge in [0.15, 0.2) is 17.0 Å². The van der Waals surface area contributed by atoms with E-state index in [9.17, 15) is 9.18 Å². The number of piperazine rings is 1. The van der Waals surface area contributed by atoms with Crippen LogP contribution >= 0.6 is 0 Å². The number of hydrogen-bond acceptors (Lipinski definition) is 4. The number of rotatable bonds is 1. The maximum Gasteiger partial charge on any atom is 0.192 e. The third kappa shape index (κ3) is 2.12. The standard InChI is InChI=1S/C17H20FN3O2/c1-10-8-21-11(2)9-23-17-14(21)12(16(10)22)7-13(18)15(17)20-5-3-19-4-6-20/h7-8,11,19H,3-6,9H2,1-2H3. The molecular weight excluding hydrogens is 297 g/mol. The summed E-state index contributed by atoms with van der Waals surface area (Å²) in [5.41, 5.74) is 1.71. The monoisotopic (exact) mass is 317 g/mol. The van der Waals surface area contributed by atoms with Gasteiger partial charge in [-0.15, -0.1) is 0 Å². The van der Waals surface area contributed by atoms with Gasteiger partial charge in [0.25, 0.3) is 0 Å². The van der Waals surface area contributed by atoms with Crippen molar-refractivity contribution in [1.29, 1.82) is 0 Å². The Kier molecular flexibility index (Phi) is 3.30. The number of aromatic nitrogens is 1. The number of halogens is 1. The molecule has 0 spiro atoms. The number of aryl methyl sites for hydroxylation is 1. The van der Waals surface area contributed by atoms with Crippen LogP contribution in [-0.4, -0.2) is 37.4 Å². The maximum atomic E-state index is 14.8. The lowest BCUT2D eigenvalue weighted by molar-refractivity contribution is 0.246. The van der Waals surface area contributed by atoms with E-state index in [2.05, 4.69) is 9.88 Å². The molecule has 0 radical (unpaired) electrons. The highest BCUT2D eigenvalue weighted by atomic mass is 19.1. The third-order valence-corrected chi connectivity index (χ3v) is 4.75. The number of nitrogens with one attached hydrogen (secondary N) is 1. The summed E-state index contributed by atoms with van der Waals surface area (Å²) < 4.78 is 22.8. The van der Waals surface area contributed by atoms with Crippen LogP contribution in [0.3, 0.4) is 0 Å². The van der Waals surface area contributed by atoms with Crippen molar-refractivity contribution in [3.63, 3.8) is 0 Å². The SMILES string of the molecule is Cc1cn2c3c(c(N4CCNCC4)c(F)cc3c1=O)OCC2C. The normalized spacial score (nSPS) is 20.7. The van der Waals surface area contributed by atoms with Gasteiger partial charge >= 0.3 is 0 Å². The van der Waals surface area contributed by atoms with Gasteiger partial charge in [0.05, 0.1) is 16.9 Å². The first-order chi connectivity index (χ1) is 11.1. The molecule has 2 aliphatic rings. The van der Waals surface area contributed by atoms with Gasteiger partial charge < -0.3 is 19.5 Å². The van der Waals surface area contributed by atoms with E-state index in [0.29, 0.717) is 34.5 Å². The molecule has 1 fully saturated rings. The molecule has 0 saturated carbocycles. The van der Waals surface area contributed by atoms with Crippen molar-refractivity contribution in [1.82, 2.24) is 9.88 Å². The second-order valence-corrected chi connectivity index (χ2v) is 6.38. The molecule has 1 aromatic carbocycles. The summed E-state index contributed by atoms with van der Waals surface area (Å²) in [6.07, 6.45) is 1.86. The van der Waals surface area contributed by atoms with Gasteiger partial charge in [-0.1, -0.05) is 0 Å². The molecular formula is C17H20FN3O2. The topological polar surface area (TPSA) is 46.5 Å². The van der Waals surface area contributed by atoms with Gasteiger partial charge in [-0.05, 0) is 19.9 Å². The second-order valence-electron chi connectivity index (χ2n) is 6.38. The maximum absolute atomic E-state index is 14.8. The molecule has 1 atom stereocenters. The highest BCUT2D eigenvalue weighted by Crippen LogP contribution is 2.41. The number of anilines is 1. The average molecular weight is 317 g/mol. The molecule has 4 rings (SSSR count). The summed E-state index contributed by atoms with van der Waals surface area (Å²) in [5, 5.41) is 3.67. The second kappa shape index (κ2) is 5.23. The smallest absolute Gasteiger partial charge is 0.192 e. The minimum atomic E-state index is -0.377.